The highest BCUT2D eigenvalue weighted by Crippen LogP contribution is 2.21. The number of piperazine rings is 1. The number of amides is 1. The second-order valence-electron chi connectivity index (χ2n) is 6.31. The third-order valence-electron chi connectivity index (χ3n) is 4.65. The molecule has 2 heterocycles. The van der Waals surface area contributed by atoms with Crippen LogP contribution in [-0.4, -0.2) is 41.9 Å². The van der Waals surface area contributed by atoms with E-state index in [1.807, 2.05) is 59.5 Å². The summed E-state index contributed by atoms with van der Waals surface area (Å²) >= 11 is 6.24. The van der Waals surface area contributed by atoms with E-state index in [-0.39, 0.29) is 5.91 Å². The van der Waals surface area contributed by atoms with Gasteiger partial charge in [0.1, 0.15) is 5.58 Å². The molecule has 1 fully saturated rings. The lowest BCUT2D eigenvalue weighted by atomic mass is 10.2. The van der Waals surface area contributed by atoms with Crippen molar-refractivity contribution in [1.29, 1.82) is 0 Å². The zero-order chi connectivity index (χ0) is 17.2. The monoisotopic (exact) mass is 354 g/mol. The van der Waals surface area contributed by atoms with Gasteiger partial charge in [0.2, 0.25) is 0 Å². The van der Waals surface area contributed by atoms with Gasteiger partial charge in [-0.2, -0.15) is 0 Å². The molecule has 0 N–H and O–H groups in total. The highest BCUT2D eigenvalue weighted by molar-refractivity contribution is 6.31. The predicted octanol–water partition coefficient (Wildman–Crippen LogP) is 4.04. The number of benzene rings is 2. The maximum atomic E-state index is 12.7. The Balaban J connectivity index is 1.39. The van der Waals surface area contributed by atoms with Gasteiger partial charge in [0.15, 0.2) is 5.76 Å². The van der Waals surface area contributed by atoms with E-state index >= 15 is 0 Å². The van der Waals surface area contributed by atoms with Gasteiger partial charge in [-0.05, 0) is 23.8 Å². The van der Waals surface area contributed by atoms with E-state index < -0.39 is 0 Å². The summed E-state index contributed by atoms with van der Waals surface area (Å²) in [5.41, 5.74) is 1.88. The molecule has 128 valence electrons. The maximum Gasteiger partial charge on any atom is 0.289 e. The molecule has 0 unspecified atom stereocenters. The minimum Gasteiger partial charge on any atom is -0.451 e. The van der Waals surface area contributed by atoms with Gasteiger partial charge in [0.25, 0.3) is 5.91 Å². The lowest BCUT2D eigenvalue weighted by Crippen LogP contribution is -2.48. The van der Waals surface area contributed by atoms with Gasteiger partial charge >= 0.3 is 0 Å². The number of carbonyl (C=O) groups excluding carboxylic acids is 1. The first-order valence-corrected chi connectivity index (χ1v) is 8.82. The van der Waals surface area contributed by atoms with Crippen molar-refractivity contribution in [1.82, 2.24) is 9.80 Å². The van der Waals surface area contributed by atoms with Crippen LogP contribution < -0.4 is 0 Å². The van der Waals surface area contributed by atoms with Crippen molar-refractivity contribution in [3.05, 3.63) is 70.9 Å². The highest BCUT2D eigenvalue weighted by Gasteiger charge is 2.24. The average molecular weight is 355 g/mol. The molecule has 5 heteroatoms. The van der Waals surface area contributed by atoms with Crippen LogP contribution in [0.5, 0.6) is 0 Å². The Bertz CT molecular complexity index is 864. The van der Waals surface area contributed by atoms with Crippen LogP contribution in [0.4, 0.5) is 0 Å². The van der Waals surface area contributed by atoms with Crippen molar-refractivity contribution in [3.63, 3.8) is 0 Å². The standard InChI is InChI=1S/C20H19ClN2O2/c21-17-7-3-1-6-16(17)14-22-9-11-23(12-10-22)20(24)19-13-15-5-2-4-8-18(15)25-19/h1-8,13H,9-12,14H2. The first kappa shape index (κ1) is 16.2. The van der Waals surface area contributed by atoms with E-state index in [2.05, 4.69) is 4.90 Å². The molecule has 0 aliphatic carbocycles. The number of carbonyl (C=O) groups is 1. The molecule has 0 radical (unpaired) electrons. The number of hydrogen-bond donors (Lipinski definition) is 0. The predicted molar refractivity (Wildman–Crippen MR) is 98.8 cm³/mol. The number of halogens is 1. The molecule has 3 aromatic rings. The topological polar surface area (TPSA) is 36.7 Å². The van der Waals surface area contributed by atoms with Crippen LogP contribution in [0.15, 0.2) is 59.0 Å². The Morgan fingerprint density at radius 2 is 1.72 bits per heavy atom. The lowest BCUT2D eigenvalue weighted by Gasteiger charge is -2.34. The van der Waals surface area contributed by atoms with Gasteiger partial charge in [-0.3, -0.25) is 9.69 Å². The third-order valence-corrected chi connectivity index (χ3v) is 5.02. The first-order chi connectivity index (χ1) is 12.2. The summed E-state index contributed by atoms with van der Waals surface area (Å²) in [5, 5.41) is 1.76. The fourth-order valence-corrected chi connectivity index (χ4v) is 3.42. The Hall–Kier alpha value is -2.30. The Morgan fingerprint density at radius 3 is 2.48 bits per heavy atom. The molecule has 1 aliphatic heterocycles. The van der Waals surface area contributed by atoms with E-state index in [9.17, 15) is 4.79 Å². The van der Waals surface area contributed by atoms with Crippen LogP contribution in [0.1, 0.15) is 16.1 Å². The fourth-order valence-electron chi connectivity index (χ4n) is 3.22. The molecule has 0 spiro atoms. The maximum absolute atomic E-state index is 12.7. The van der Waals surface area contributed by atoms with Gasteiger partial charge < -0.3 is 9.32 Å². The van der Waals surface area contributed by atoms with Crippen molar-refractivity contribution < 1.29 is 9.21 Å². The SMILES string of the molecule is O=C(c1cc2ccccc2o1)N1CCN(Cc2ccccc2Cl)CC1. The molecule has 0 bridgehead atoms. The normalized spacial score (nSPS) is 15.6. The second-order valence-corrected chi connectivity index (χ2v) is 6.72. The highest BCUT2D eigenvalue weighted by atomic mass is 35.5. The molecule has 2 aromatic carbocycles. The van der Waals surface area contributed by atoms with Crippen LogP contribution in [0, 0.1) is 0 Å². The zero-order valence-electron chi connectivity index (χ0n) is 13.8. The van der Waals surface area contributed by atoms with E-state index in [1.54, 1.807) is 0 Å². The summed E-state index contributed by atoms with van der Waals surface area (Å²) in [4.78, 5) is 16.9. The van der Waals surface area contributed by atoms with Crippen molar-refractivity contribution in [2.75, 3.05) is 26.2 Å². The van der Waals surface area contributed by atoms with Crippen LogP contribution in [-0.2, 0) is 6.54 Å². The Morgan fingerprint density at radius 1 is 1.00 bits per heavy atom. The van der Waals surface area contributed by atoms with Gasteiger partial charge in [-0.15, -0.1) is 0 Å². The van der Waals surface area contributed by atoms with E-state index in [0.29, 0.717) is 18.8 Å². The number of furan rings is 1. The quantitative estimate of drug-likeness (QED) is 0.712. The van der Waals surface area contributed by atoms with Crippen molar-refractivity contribution >= 4 is 28.5 Å². The molecule has 1 amide bonds. The van der Waals surface area contributed by atoms with Crippen molar-refractivity contribution in [3.8, 4) is 0 Å². The molecule has 1 aromatic heterocycles. The minimum absolute atomic E-state index is 0.0337. The second kappa shape index (κ2) is 6.90. The van der Waals surface area contributed by atoms with Crippen LogP contribution in [0.3, 0.4) is 0 Å². The molecule has 0 saturated carbocycles. The van der Waals surface area contributed by atoms with Crippen molar-refractivity contribution in [2.45, 2.75) is 6.54 Å². The molecular formula is C20H19ClN2O2. The molecule has 4 nitrogen and oxygen atoms in total. The van der Waals surface area contributed by atoms with Crippen molar-refractivity contribution in [2.24, 2.45) is 0 Å². The first-order valence-electron chi connectivity index (χ1n) is 8.44. The zero-order valence-corrected chi connectivity index (χ0v) is 14.6. The number of fused-ring (bicyclic) bond motifs is 1. The molecular weight excluding hydrogens is 336 g/mol. The van der Waals surface area contributed by atoms with Gasteiger partial charge in [-0.25, -0.2) is 0 Å². The van der Waals surface area contributed by atoms with E-state index in [1.165, 1.54) is 0 Å². The third kappa shape index (κ3) is 3.41. The summed E-state index contributed by atoms with van der Waals surface area (Å²) in [7, 11) is 0. The molecule has 1 aliphatic rings. The Kier molecular flexibility index (Phi) is 4.47. The summed E-state index contributed by atoms with van der Waals surface area (Å²) in [6.45, 7) is 3.86. The van der Waals surface area contributed by atoms with Gasteiger partial charge in [0, 0.05) is 43.1 Å². The number of rotatable bonds is 3. The van der Waals surface area contributed by atoms with E-state index in [0.717, 1.165) is 41.2 Å². The molecule has 1 saturated heterocycles. The number of hydrogen-bond acceptors (Lipinski definition) is 3. The molecule has 25 heavy (non-hydrogen) atoms. The van der Waals surface area contributed by atoms with Gasteiger partial charge in [-0.1, -0.05) is 48.0 Å². The molecule has 0 atom stereocenters. The van der Waals surface area contributed by atoms with E-state index in [4.69, 9.17) is 16.0 Å². The number of para-hydroxylation sites is 1. The fraction of sp³-hybridized carbons (Fsp3) is 0.250. The Labute approximate surface area is 151 Å². The van der Waals surface area contributed by atoms with Crippen LogP contribution in [0.25, 0.3) is 11.0 Å². The summed E-state index contributed by atoms with van der Waals surface area (Å²) in [5.74, 6) is 0.384. The van der Waals surface area contributed by atoms with Crippen LogP contribution >= 0.6 is 11.6 Å². The smallest absolute Gasteiger partial charge is 0.289 e. The van der Waals surface area contributed by atoms with Crippen LogP contribution in [0.2, 0.25) is 5.02 Å². The summed E-state index contributed by atoms with van der Waals surface area (Å²) < 4.78 is 5.70. The van der Waals surface area contributed by atoms with Gasteiger partial charge in [0.05, 0.1) is 0 Å². The average Bonchev–Trinajstić information content (AvgIpc) is 3.08. The molecule has 4 rings (SSSR count). The summed E-state index contributed by atoms with van der Waals surface area (Å²) in [6, 6.07) is 17.4. The minimum atomic E-state index is -0.0337. The largest absolute Gasteiger partial charge is 0.451 e. The lowest BCUT2D eigenvalue weighted by molar-refractivity contribution is 0.0600. The number of nitrogens with zero attached hydrogens (tertiary/aromatic N) is 2. The summed E-state index contributed by atoms with van der Waals surface area (Å²) in [6.07, 6.45) is 0.